The van der Waals surface area contributed by atoms with Gasteiger partial charge in [-0.2, -0.15) is 0 Å². The lowest BCUT2D eigenvalue weighted by atomic mass is 10.1. The number of hydrogen-bond donors (Lipinski definition) is 2. The van der Waals surface area contributed by atoms with Crippen molar-refractivity contribution in [3.63, 3.8) is 0 Å². The van der Waals surface area contributed by atoms with Crippen LogP contribution in [0.2, 0.25) is 0 Å². The molecule has 0 aliphatic heterocycles. The van der Waals surface area contributed by atoms with Crippen LogP contribution < -0.4 is 19.5 Å². The number of ether oxygens (including phenoxy) is 3. The smallest absolute Gasteiger partial charge is 0.317 e. The van der Waals surface area contributed by atoms with Gasteiger partial charge >= 0.3 is 5.97 Å². The highest BCUT2D eigenvalue weighted by Gasteiger charge is 2.16. The highest BCUT2D eigenvalue weighted by molar-refractivity contribution is 5.69. The number of methoxy groups -OCH3 is 3. The third-order valence-electron chi connectivity index (χ3n) is 2.75. The third-order valence-corrected chi connectivity index (χ3v) is 2.75. The minimum absolute atomic E-state index is 0.113. The largest absolute Gasteiger partial charge is 0.493 e. The van der Waals surface area contributed by atoms with Crippen molar-refractivity contribution in [2.24, 2.45) is 0 Å². The Bertz CT molecular complexity index is 422. The van der Waals surface area contributed by atoms with E-state index in [4.69, 9.17) is 19.3 Å². The highest BCUT2D eigenvalue weighted by Crippen LogP contribution is 2.39. The number of carbonyl (C=O) groups is 1. The van der Waals surface area contributed by atoms with E-state index in [1.54, 1.807) is 12.1 Å². The number of carboxylic acid groups (broad SMARTS) is 1. The molecular weight excluding hydrogens is 250 g/mol. The normalized spacial score (nSPS) is 11.8. The first-order valence-corrected chi connectivity index (χ1v) is 5.78. The molecule has 0 spiro atoms. The van der Waals surface area contributed by atoms with Crippen molar-refractivity contribution in [1.29, 1.82) is 0 Å². The van der Waals surface area contributed by atoms with E-state index in [1.165, 1.54) is 21.3 Å². The summed E-state index contributed by atoms with van der Waals surface area (Å²) in [6.45, 7) is 1.75. The molecule has 0 radical (unpaired) electrons. The molecule has 0 aliphatic rings. The quantitative estimate of drug-likeness (QED) is 0.780. The van der Waals surface area contributed by atoms with E-state index >= 15 is 0 Å². The van der Waals surface area contributed by atoms with Crippen molar-refractivity contribution in [3.8, 4) is 17.2 Å². The van der Waals surface area contributed by atoms with E-state index in [0.717, 1.165) is 5.56 Å². The molecule has 0 amide bonds. The van der Waals surface area contributed by atoms with Gasteiger partial charge in [0.15, 0.2) is 11.5 Å². The van der Waals surface area contributed by atoms with E-state index in [1.807, 2.05) is 6.92 Å². The maximum Gasteiger partial charge on any atom is 0.317 e. The Morgan fingerprint density at radius 1 is 1.21 bits per heavy atom. The van der Waals surface area contributed by atoms with Crippen LogP contribution in [0.25, 0.3) is 0 Å². The first-order valence-electron chi connectivity index (χ1n) is 5.78. The van der Waals surface area contributed by atoms with Crippen LogP contribution in [-0.2, 0) is 4.79 Å². The van der Waals surface area contributed by atoms with Crippen LogP contribution in [0.1, 0.15) is 18.5 Å². The van der Waals surface area contributed by atoms with Gasteiger partial charge < -0.3 is 24.6 Å². The molecule has 19 heavy (non-hydrogen) atoms. The molecule has 0 aliphatic carbocycles. The Kier molecular flexibility index (Phi) is 5.44. The molecule has 0 saturated carbocycles. The van der Waals surface area contributed by atoms with Crippen LogP contribution in [0.3, 0.4) is 0 Å². The van der Waals surface area contributed by atoms with Crippen LogP contribution >= 0.6 is 0 Å². The molecule has 1 unspecified atom stereocenters. The second-order valence-corrected chi connectivity index (χ2v) is 3.96. The molecule has 0 saturated heterocycles. The predicted molar refractivity (Wildman–Crippen MR) is 70.2 cm³/mol. The molecular formula is C13H19NO5. The van der Waals surface area contributed by atoms with E-state index in [9.17, 15) is 4.79 Å². The van der Waals surface area contributed by atoms with Crippen LogP contribution in [0, 0.1) is 0 Å². The van der Waals surface area contributed by atoms with Crippen LogP contribution in [-0.4, -0.2) is 38.9 Å². The van der Waals surface area contributed by atoms with Crippen LogP contribution in [0.4, 0.5) is 0 Å². The monoisotopic (exact) mass is 269 g/mol. The minimum atomic E-state index is -0.903. The molecule has 106 valence electrons. The molecule has 1 rings (SSSR count). The third kappa shape index (κ3) is 3.75. The zero-order valence-electron chi connectivity index (χ0n) is 11.5. The summed E-state index contributed by atoms with van der Waals surface area (Å²) in [4.78, 5) is 10.5. The average Bonchev–Trinajstić information content (AvgIpc) is 2.42. The van der Waals surface area contributed by atoms with Gasteiger partial charge in [0, 0.05) is 6.04 Å². The predicted octanol–water partition coefficient (Wildman–Crippen LogP) is 1.45. The zero-order chi connectivity index (χ0) is 14.4. The van der Waals surface area contributed by atoms with Crippen molar-refractivity contribution < 1.29 is 24.1 Å². The number of hydrogen-bond acceptors (Lipinski definition) is 5. The highest BCUT2D eigenvalue weighted by atomic mass is 16.5. The van der Waals surface area contributed by atoms with E-state index < -0.39 is 5.97 Å². The lowest BCUT2D eigenvalue weighted by Crippen LogP contribution is -2.25. The number of carboxylic acids is 1. The SMILES string of the molecule is COc1cc(C(C)NCC(=O)O)cc(OC)c1OC. The Labute approximate surface area is 112 Å². The van der Waals surface area contributed by atoms with Gasteiger partial charge in [0.25, 0.3) is 0 Å². The molecule has 1 atom stereocenters. The van der Waals surface area contributed by atoms with Crippen molar-refractivity contribution >= 4 is 5.97 Å². The summed E-state index contributed by atoms with van der Waals surface area (Å²) in [5, 5.41) is 11.5. The number of nitrogens with one attached hydrogen (secondary N) is 1. The summed E-state index contributed by atoms with van der Waals surface area (Å²) < 4.78 is 15.7. The van der Waals surface area contributed by atoms with E-state index in [2.05, 4.69) is 5.32 Å². The second kappa shape index (κ2) is 6.84. The summed E-state index contributed by atoms with van der Waals surface area (Å²) in [5.41, 5.74) is 0.857. The standard InChI is InChI=1S/C13H19NO5/c1-8(14-7-12(15)16)9-5-10(17-2)13(19-4)11(6-9)18-3/h5-6,8,14H,7H2,1-4H3,(H,15,16). The fourth-order valence-corrected chi connectivity index (χ4v) is 1.71. The minimum Gasteiger partial charge on any atom is -0.493 e. The number of rotatable bonds is 7. The summed E-state index contributed by atoms with van der Waals surface area (Å²) in [6, 6.07) is 3.44. The van der Waals surface area contributed by atoms with Gasteiger partial charge in [0.2, 0.25) is 5.75 Å². The van der Waals surface area contributed by atoms with Gasteiger partial charge in [-0.3, -0.25) is 4.79 Å². The van der Waals surface area contributed by atoms with Gasteiger partial charge in [-0.05, 0) is 24.6 Å². The second-order valence-electron chi connectivity index (χ2n) is 3.96. The van der Waals surface area contributed by atoms with E-state index in [-0.39, 0.29) is 12.6 Å². The van der Waals surface area contributed by atoms with Gasteiger partial charge in [-0.25, -0.2) is 0 Å². The molecule has 0 fully saturated rings. The first-order chi connectivity index (χ1) is 9.03. The van der Waals surface area contributed by atoms with Gasteiger partial charge in [0.1, 0.15) is 0 Å². The number of aliphatic carboxylic acids is 1. The fourth-order valence-electron chi connectivity index (χ4n) is 1.71. The van der Waals surface area contributed by atoms with Crippen LogP contribution in [0.5, 0.6) is 17.2 Å². The lowest BCUT2D eigenvalue weighted by Gasteiger charge is -2.18. The summed E-state index contributed by atoms with van der Waals surface area (Å²) in [6.07, 6.45) is 0. The van der Waals surface area contributed by atoms with Crippen molar-refractivity contribution in [3.05, 3.63) is 17.7 Å². The molecule has 1 aromatic carbocycles. The Hall–Kier alpha value is -1.95. The topological polar surface area (TPSA) is 77.0 Å². The maximum atomic E-state index is 10.5. The Morgan fingerprint density at radius 3 is 2.11 bits per heavy atom. The lowest BCUT2D eigenvalue weighted by molar-refractivity contribution is -0.136. The number of benzene rings is 1. The maximum absolute atomic E-state index is 10.5. The van der Waals surface area contributed by atoms with Crippen molar-refractivity contribution in [2.45, 2.75) is 13.0 Å². The molecule has 2 N–H and O–H groups in total. The molecule has 1 aromatic rings. The molecule has 0 bridgehead atoms. The summed E-state index contributed by atoms with van der Waals surface area (Å²) in [5.74, 6) is 0.695. The van der Waals surface area contributed by atoms with Gasteiger partial charge in [-0.15, -0.1) is 0 Å². The van der Waals surface area contributed by atoms with Crippen LogP contribution in [0.15, 0.2) is 12.1 Å². The van der Waals surface area contributed by atoms with Crippen molar-refractivity contribution in [1.82, 2.24) is 5.32 Å². The van der Waals surface area contributed by atoms with Gasteiger partial charge in [0.05, 0.1) is 27.9 Å². The molecule has 0 heterocycles. The van der Waals surface area contributed by atoms with Gasteiger partial charge in [-0.1, -0.05) is 0 Å². The molecule has 0 aromatic heterocycles. The van der Waals surface area contributed by atoms with Crippen molar-refractivity contribution in [2.75, 3.05) is 27.9 Å². The Balaban J connectivity index is 3.04. The first kappa shape index (κ1) is 15.1. The fraction of sp³-hybridized carbons (Fsp3) is 0.462. The Morgan fingerprint density at radius 2 is 1.74 bits per heavy atom. The van der Waals surface area contributed by atoms with E-state index in [0.29, 0.717) is 17.2 Å². The molecule has 6 nitrogen and oxygen atoms in total. The zero-order valence-corrected chi connectivity index (χ0v) is 11.5. The molecule has 6 heteroatoms. The average molecular weight is 269 g/mol. The summed E-state index contributed by atoms with van der Waals surface area (Å²) >= 11 is 0. The summed E-state index contributed by atoms with van der Waals surface area (Å²) in [7, 11) is 4.61.